The minimum absolute atomic E-state index is 0.151. The minimum Gasteiger partial charge on any atom is -0.449 e. The SMILES string of the molecule is CC(C)c1cccc(C23CC([B-](F)(F)F)(C2)C3)c1. The molecule has 3 saturated carbocycles. The van der Waals surface area contributed by atoms with Gasteiger partial charge in [-0.3, -0.25) is 0 Å². The first-order chi connectivity index (χ1) is 8.28. The van der Waals surface area contributed by atoms with Crippen LogP contribution in [-0.2, 0) is 5.41 Å². The molecule has 3 fully saturated rings. The van der Waals surface area contributed by atoms with E-state index in [-0.39, 0.29) is 5.41 Å². The average molecular weight is 253 g/mol. The van der Waals surface area contributed by atoms with Crippen LogP contribution in [0.3, 0.4) is 0 Å². The lowest BCUT2D eigenvalue weighted by Crippen LogP contribution is -2.67. The van der Waals surface area contributed by atoms with E-state index >= 15 is 0 Å². The van der Waals surface area contributed by atoms with E-state index in [4.69, 9.17) is 0 Å². The molecule has 0 saturated heterocycles. The molecule has 0 atom stereocenters. The van der Waals surface area contributed by atoms with Crippen LogP contribution in [0, 0.1) is 0 Å². The molecule has 1 aromatic rings. The average Bonchev–Trinajstić information content (AvgIpc) is 2.11. The van der Waals surface area contributed by atoms with E-state index in [9.17, 15) is 12.9 Å². The summed E-state index contributed by atoms with van der Waals surface area (Å²) >= 11 is 0. The molecule has 3 aliphatic rings. The monoisotopic (exact) mass is 253 g/mol. The van der Waals surface area contributed by atoms with Crippen molar-refractivity contribution in [1.29, 1.82) is 0 Å². The fraction of sp³-hybridized carbons (Fsp3) is 0.571. The Morgan fingerprint density at radius 3 is 2.22 bits per heavy atom. The topological polar surface area (TPSA) is 0 Å². The predicted molar refractivity (Wildman–Crippen MR) is 67.8 cm³/mol. The molecule has 4 rings (SSSR count). The Labute approximate surface area is 106 Å². The fourth-order valence-electron chi connectivity index (χ4n) is 3.75. The highest BCUT2D eigenvalue weighted by molar-refractivity contribution is 6.63. The molecule has 0 spiro atoms. The minimum atomic E-state index is -4.66. The summed E-state index contributed by atoms with van der Waals surface area (Å²) in [6.45, 7) is -0.431. The van der Waals surface area contributed by atoms with Crippen molar-refractivity contribution < 1.29 is 12.9 Å². The zero-order chi connectivity index (χ0) is 13.2. The maximum atomic E-state index is 12.9. The summed E-state index contributed by atoms with van der Waals surface area (Å²) in [5.74, 6) is 0.429. The lowest BCUT2D eigenvalue weighted by molar-refractivity contribution is -0.0401. The molecular weight excluding hydrogens is 236 g/mol. The van der Waals surface area contributed by atoms with Crippen molar-refractivity contribution in [3.63, 3.8) is 0 Å². The van der Waals surface area contributed by atoms with E-state index in [1.807, 2.05) is 12.1 Å². The van der Waals surface area contributed by atoms with E-state index in [2.05, 4.69) is 26.0 Å². The van der Waals surface area contributed by atoms with Crippen molar-refractivity contribution in [1.82, 2.24) is 0 Å². The van der Waals surface area contributed by atoms with Gasteiger partial charge in [-0.05, 0) is 22.5 Å². The van der Waals surface area contributed by atoms with Gasteiger partial charge in [-0.25, -0.2) is 0 Å². The van der Waals surface area contributed by atoms with Crippen LogP contribution in [0.4, 0.5) is 12.9 Å². The molecule has 1 aromatic carbocycles. The first kappa shape index (κ1) is 12.1. The van der Waals surface area contributed by atoms with Crippen molar-refractivity contribution >= 4 is 6.98 Å². The summed E-state index contributed by atoms with van der Waals surface area (Å²) in [6, 6.07) is 8.15. The number of hydrogen-bond acceptors (Lipinski definition) is 0. The Kier molecular flexibility index (Phi) is 2.25. The van der Waals surface area contributed by atoms with E-state index in [1.54, 1.807) is 0 Å². The maximum Gasteiger partial charge on any atom is 0.484 e. The van der Waals surface area contributed by atoms with Crippen molar-refractivity contribution in [2.45, 2.75) is 49.8 Å². The van der Waals surface area contributed by atoms with Gasteiger partial charge in [0, 0.05) is 0 Å². The smallest absolute Gasteiger partial charge is 0.449 e. The lowest BCUT2D eigenvalue weighted by Gasteiger charge is -2.75. The first-order valence-corrected chi connectivity index (χ1v) is 6.58. The van der Waals surface area contributed by atoms with Gasteiger partial charge in [-0.1, -0.05) is 62.7 Å². The molecule has 0 unspecified atom stereocenters. The molecule has 4 heteroatoms. The fourth-order valence-corrected chi connectivity index (χ4v) is 3.75. The normalized spacial score (nSPS) is 34.1. The van der Waals surface area contributed by atoms with Crippen LogP contribution in [-0.4, -0.2) is 6.98 Å². The van der Waals surface area contributed by atoms with Gasteiger partial charge >= 0.3 is 6.98 Å². The highest BCUT2D eigenvalue weighted by Crippen LogP contribution is 2.82. The van der Waals surface area contributed by atoms with Crippen molar-refractivity contribution in [3.05, 3.63) is 35.4 Å². The summed E-state index contributed by atoms with van der Waals surface area (Å²) < 4.78 is 38.6. The van der Waals surface area contributed by atoms with Crippen LogP contribution in [0.15, 0.2) is 24.3 Å². The van der Waals surface area contributed by atoms with Crippen LogP contribution in [0.2, 0.25) is 5.31 Å². The summed E-state index contributed by atoms with van der Waals surface area (Å²) in [5.41, 5.74) is 2.20. The Balaban J connectivity index is 1.83. The zero-order valence-corrected chi connectivity index (χ0v) is 10.7. The number of halogens is 3. The van der Waals surface area contributed by atoms with Crippen molar-refractivity contribution in [3.8, 4) is 0 Å². The first-order valence-electron chi connectivity index (χ1n) is 6.58. The highest BCUT2D eigenvalue weighted by Gasteiger charge is 2.74. The van der Waals surface area contributed by atoms with E-state index in [0.717, 1.165) is 5.56 Å². The van der Waals surface area contributed by atoms with E-state index in [0.29, 0.717) is 25.2 Å². The van der Waals surface area contributed by atoms with Gasteiger partial charge in [0.25, 0.3) is 0 Å². The van der Waals surface area contributed by atoms with Crippen molar-refractivity contribution in [2.24, 2.45) is 0 Å². The predicted octanol–water partition coefficient (Wildman–Crippen LogP) is 4.83. The summed E-state index contributed by atoms with van der Waals surface area (Å²) in [5, 5.41) is -1.28. The molecule has 0 N–H and O–H groups in total. The van der Waals surface area contributed by atoms with Gasteiger partial charge in [0.2, 0.25) is 0 Å². The maximum absolute atomic E-state index is 12.9. The Morgan fingerprint density at radius 2 is 1.72 bits per heavy atom. The Bertz CT molecular complexity index is 470. The third-order valence-electron chi connectivity index (χ3n) is 4.93. The molecule has 0 aromatic heterocycles. The number of rotatable bonds is 3. The van der Waals surface area contributed by atoms with Gasteiger partial charge < -0.3 is 12.9 Å². The van der Waals surface area contributed by atoms with Crippen LogP contribution < -0.4 is 0 Å². The second-order valence-corrected chi connectivity index (χ2v) is 6.53. The van der Waals surface area contributed by atoms with Gasteiger partial charge in [0.15, 0.2) is 0 Å². The largest absolute Gasteiger partial charge is 0.484 e. The van der Waals surface area contributed by atoms with Gasteiger partial charge in [0.1, 0.15) is 0 Å². The molecule has 2 bridgehead atoms. The Morgan fingerprint density at radius 1 is 1.11 bits per heavy atom. The van der Waals surface area contributed by atoms with Crippen LogP contribution >= 0.6 is 0 Å². The molecule has 0 nitrogen and oxygen atoms in total. The second kappa shape index (κ2) is 3.34. The van der Waals surface area contributed by atoms with Crippen LogP contribution in [0.25, 0.3) is 0 Å². The van der Waals surface area contributed by atoms with E-state index < -0.39 is 12.3 Å². The summed E-state index contributed by atoms with van der Waals surface area (Å²) in [6.07, 6.45) is 0.973. The standard InChI is InChI=1S/C14H17BF3/c1-10(2)11-4-3-5-12(6-11)13-7-14(8-13,9-13)15(16,17)18/h3-6,10H,7-9H2,1-2H3/q-1. The van der Waals surface area contributed by atoms with Crippen molar-refractivity contribution in [2.75, 3.05) is 0 Å². The van der Waals surface area contributed by atoms with Crippen LogP contribution in [0.1, 0.15) is 50.2 Å². The van der Waals surface area contributed by atoms with Crippen LogP contribution in [0.5, 0.6) is 0 Å². The molecule has 0 aliphatic heterocycles. The highest BCUT2D eigenvalue weighted by atomic mass is 19.4. The molecule has 3 aliphatic carbocycles. The summed E-state index contributed by atoms with van der Waals surface area (Å²) in [4.78, 5) is 0. The molecule has 0 amide bonds. The molecular formula is C14H17BF3-. The number of benzene rings is 1. The van der Waals surface area contributed by atoms with E-state index in [1.165, 1.54) is 5.56 Å². The second-order valence-electron chi connectivity index (χ2n) is 6.53. The van der Waals surface area contributed by atoms with Gasteiger partial charge in [0.05, 0.1) is 0 Å². The third kappa shape index (κ3) is 1.41. The van der Waals surface area contributed by atoms with Gasteiger partial charge in [-0.15, -0.1) is 0 Å². The zero-order valence-electron chi connectivity index (χ0n) is 10.7. The Hall–Kier alpha value is -0.925. The van der Waals surface area contributed by atoms with Gasteiger partial charge in [-0.2, -0.15) is 0 Å². The molecule has 0 heterocycles. The summed E-state index contributed by atoms with van der Waals surface area (Å²) in [7, 11) is 0. The third-order valence-corrected chi connectivity index (χ3v) is 4.93. The number of hydrogen-bond donors (Lipinski definition) is 0. The molecule has 0 radical (unpaired) electrons. The molecule has 18 heavy (non-hydrogen) atoms. The quantitative estimate of drug-likeness (QED) is 0.676. The lowest BCUT2D eigenvalue weighted by atomic mass is 9.23. The molecule has 98 valence electrons.